The lowest BCUT2D eigenvalue weighted by Crippen LogP contribution is -2.32. The van der Waals surface area contributed by atoms with E-state index in [-0.39, 0.29) is 10.8 Å². The van der Waals surface area contributed by atoms with E-state index >= 15 is 0 Å². The van der Waals surface area contributed by atoms with Gasteiger partial charge in [0, 0.05) is 16.5 Å². The molecule has 0 spiro atoms. The SMILES string of the molecule is Cc1ccccc1C(C)(C)c1cc2c(cc1C)C(C)(C)c1ccccc1N2c1ccccc1. The van der Waals surface area contributed by atoms with Crippen LogP contribution in [-0.4, -0.2) is 0 Å². The summed E-state index contributed by atoms with van der Waals surface area (Å²) in [5.74, 6) is 0. The minimum absolute atomic E-state index is 0.0761. The highest BCUT2D eigenvalue weighted by atomic mass is 15.2. The molecule has 0 unspecified atom stereocenters. The maximum absolute atomic E-state index is 2.46. The number of rotatable bonds is 3. The molecule has 5 rings (SSSR count). The standard InChI is InChI=1S/C32H33N/c1-22-14-10-11-17-25(22)31(3,4)27-21-30-28(20-23(27)2)32(5,6)26-18-12-13-19-29(26)33(30)24-15-8-7-9-16-24/h7-21H,1-6H3. The zero-order chi connectivity index (χ0) is 23.4. The number of nitrogens with zero attached hydrogens (tertiary/aromatic N) is 1. The van der Waals surface area contributed by atoms with E-state index in [2.05, 4.69) is 137 Å². The molecule has 0 saturated heterocycles. The Kier molecular flexibility index (Phi) is 4.97. The fraction of sp³-hybridized carbons (Fsp3) is 0.250. The number of anilines is 3. The van der Waals surface area contributed by atoms with Crippen LogP contribution >= 0.6 is 0 Å². The molecule has 166 valence electrons. The molecule has 1 heteroatoms. The van der Waals surface area contributed by atoms with E-state index in [1.807, 2.05) is 0 Å². The fourth-order valence-electron chi connectivity index (χ4n) is 5.80. The molecule has 1 aliphatic rings. The highest BCUT2D eigenvalue weighted by molar-refractivity contribution is 5.86. The molecule has 0 amide bonds. The third kappa shape index (κ3) is 3.30. The summed E-state index contributed by atoms with van der Waals surface area (Å²) in [6.07, 6.45) is 0. The van der Waals surface area contributed by atoms with Crippen LogP contribution in [-0.2, 0) is 10.8 Å². The quantitative estimate of drug-likeness (QED) is 0.313. The van der Waals surface area contributed by atoms with Gasteiger partial charge in [0.1, 0.15) is 0 Å². The van der Waals surface area contributed by atoms with E-state index in [0.29, 0.717) is 0 Å². The minimum atomic E-state index is -0.103. The lowest BCUT2D eigenvalue weighted by Gasteiger charge is -2.43. The summed E-state index contributed by atoms with van der Waals surface area (Å²) >= 11 is 0. The van der Waals surface area contributed by atoms with E-state index < -0.39 is 0 Å². The first kappa shape index (κ1) is 21.5. The van der Waals surface area contributed by atoms with Crippen molar-refractivity contribution < 1.29 is 0 Å². The second kappa shape index (κ2) is 7.63. The first-order valence-corrected chi connectivity index (χ1v) is 11.9. The molecular formula is C32H33N. The predicted octanol–water partition coefficient (Wildman–Crippen LogP) is 8.74. The normalized spacial score (nSPS) is 14.5. The van der Waals surface area contributed by atoms with E-state index in [4.69, 9.17) is 0 Å². The van der Waals surface area contributed by atoms with Gasteiger partial charge in [-0.2, -0.15) is 0 Å². The molecule has 0 bridgehead atoms. The summed E-state index contributed by atoms with van der Waals surface area (Å²) in [5, 5.41) is 0. The van der Waals surface area contributed by atoms with Gasteiger partial charge in [-0.25, -0.2) is 0 Å². The molecule has 1 heterocycles. The highest BCUT2D eigenvalue weighted by Gasteiger charge is 2.38. The van der Waals surface area contributed by atoms with Gasteiger partial charge in [-0.15, -0.1) is 0 Å². The largest absolute Gasteiger partial charge is 0.310 e. The number of benzene rings is 4. The zero-order valence-corrected chi connectivity index (χ0v) is 20.6. The fourth-order valence-corrected chi connectivity index (χ4v) is 5.80. The topological polar surface area (TPSA) is 3.24 Å². The van der Waals surface area contributed by atoms with E-state index in [1.165, 1.54) is 50.4 Å². The first-order chi connectivity index (χ1) is 15.7. The maximum atomic E-state index is 2.46. The van der Waals surface area contributed by atoms with Gasteiger partial charge >= 0.3 is 0 Å². The van der Waals surface area contributed by atoms with Crippen LogP contribution in [0, 0.1) is 13.8 Å². The van der Waals surface area contributed by atoms with Crippen molar-refractivity contribution in [2.45, 2.75) is 52.4 Å². The second-order valence-corrected chi connectivity index (χ2v) is 10.4. The van der Waals surface area contributed by atoms with Crippen molar-refractivity contribution in [3.63, 3.8) is 0 Å². The summed E-state index contributed by atoms with van der Waals surface area (Å²) in [7, 11) is 0. The van der Waals surface area contributed by atoms with E-state index in [0.717, 1.165) is 0 Å². The summed E-state index contributed by atoms with van der Waals surface area (Å²) in [5.41, 5.74) is 11.8. The van der Waals surface area contributed by atoms with Crippen LogP contribution < -0.4 is 4.90 Å². The van der Waals surface area contributed by atoms with Crippen LogP contribution in [0.2, 0.25) is 0 Å². The maximum Gasteiger partial charge on any atom is 0.0505 e. The van der Waals surface area contributed by atoms with E-state index in [1.54, 1.807) is 0 Å². The van der Waals surface area contributed by atoms with Crippen molar-refractivity contribution in [3.8, 4) is 0 Å². The lowest BCUT2D eigenvalue weighted by molar-refractivity contribution is 0.614. The van der Waals surface area contributed by atoms with Crippen molar-refractivity contribution in [2.24, 2.45) is 0 Å². The molecular weight excluding hydrogens is 398 g/mol. The Morgan fingerprint density at radius 3 is 1.97 bits per heavy atom. The van der Waals surface area contributed by atoms with Crippen molar-refractivity contribution in [3.05, 3.63) is 124 Å². The Hall–Kier alpha value is -3.32. The van der Waals surface area contributed by atoms with Crippen LogP contribution in [0.15, 0.2) is 91.0 Å². The van der Waals surface area contributed by atoms with Crippen LogP contribution in [0.4, 0.5) is 17.1 Å². The molecule has 0 radical (unpaired) electrons. The van der Waals surface area contributed by atoms with Crippen molar-refractivity contribution in [1.29, 1.82) is 0 Å². The minimum Gasteiger partial charge on any atom is -0.310 e. The molecule has 1 nitrogen and oxygen atoms in total. The molecule has 0 N–H and O–H groups in total. The third-order valence-electron chi connectivity index (χ3n) is 7.58. The predicted molar refractivity (Wildman–Crippen MR) is 141 cm³/mol. The van der Waals surface area contributed by atoms with Crippen LogP contribution in [0.1, 0.15) is 61.1 Å². The summed E-state index contributed by atoms with van der Waals surface area (Å²) < 4.78 is 0. The van der Waals surface area contributed by atoms with Crippen molar-refractivity contribution in [2.75, 3.05) is 4.90 Å². The summed E-state index contributed by atoms with van der Waals surface area (Å²) in [4.78, 5) is 2.45. The average Bonchev–Trinajstić information content (AvgIpc) is 2.80. The average molecular weight is 432 g/mol. The molecule has 4 aromatic rings. The van der Waals surface area contributed by atoms with Crippen molar-refractivity contribution in [1.82, 2.24) is 0 Å². The second-order valence-electron chi connectivity index (χ2n) is 10.4. The third-order valence-corrected chi connectivity index (χ3v) is 7.58. The van der Waals surface area contributed by atoms with Crippen LogP contribution in [0.5, 0.6) is 0 Å². The van der Waals surface area contributed by atoms with Gasteiger partial charge in [0.05, 0.1) is 11.4 Å². The molecule has 0 aliphatic carbocycles. The monoisotopic (exact) mass is 431 g/mol. The molecule has 4 aromatic carbocycles. The first-order valence-electron chi connectivity index (χ1n) is 11.9. The Labute approximate surface area is 198 Å². The van der Waals surface area contributed by atoms with Gasteiger partial charge in [-0.1, -0.05) is 94.4 Å². The Balaban J connectivity index is 1.80. The van der Waals surface area contributed by atoms with Gasteiger partial charge in [-0.05, 0) is 71.5 Å². The number of aryl methyl sites for hydroxylation is 2. The lowest BCUT2D eigenvalue weighted by atomic mass is 9.69. The van der Waals surface area contributed by atoms with Crippen LogP contribution in [0.3, 0.4) is 0 Å². The Bertz CT molecular complexity index is 1330. The molecule has 0 fully saturated rings. The van der Waals surface area contributed by atoms with E-state index in [9.17, 15) is 0 Å². The van der Waals surface area contributed by atoms with Gasteiger partial charge in [0.15, 0.2) is 0 Å². The van der Waals surface area contributed by atoms with Crippen molar-refractivity contribution >= 4 is 17.1 Å². The Morgan fingerprint density at radius 2 is 1.24 bits per heavy atom. The zero-order valence-electron chi connectivity index (χ0n) is 20.6. The molecule has 0 saturated carbocycles. The number of fused-ring (bicyclic) bond motifs is 2. The summed E-state index contributed by atoms with van der Waals surface area (Å²) in [6, 6.07) is 33.3. The smallest absolute Gasteiger partial charge is 0.0505 e. The number of para-hydroxylation sites is 2. The van der Waals surface area contributed by atoms with Gasteiger partial charge in [0.2, 0.25) is 0 Å². The molecule has 1 aliphatic heterocycles. The van der Waals surface area contributed by atoms with Crippen LogP contribution in [0.25, 0.3) is 0 Å². The van der Waals surface area contributed by atoms with Gasteiger partial charge in [0.25, 0.3) is 0 Å². The van der Waals surface area contributed by atoms with Gasteiger partial charge < -0.3 is 4.90 Å². The highest BCUT2D eigenvalue weighted by Crippen LogP contribution is 2.53. The van der Waals surface area contributed by atoms with Gasteiger partial charge in [-0.3, -0.25) is 0 Å². The number of hydrogen-bond acceptors (Lipinski definition) is 1. The summed E-state index contributed by atoms with van der Waals surface area (Å²) in [6.45, 7) is 13.9. The Morgan fingerprint density at radius 1 is 0.606 bits per heavy atom. The number of hydrogen-bond donors (Lipinski definition) is 0. The molecule has 33 heavy (non-hydrogen) atoms. The molecule has 0 aromatic heterocycles. The molecule has 0 atom stereocenters.